The van der Waals surface area contributed by atoms with E-state index in [1.807, 2.05) is 12.1 Å². The van der Waals surface area contributed by atoms with Gasteiger partial charge in [-0.25, -0.2) is 9.78 Å². The van der Waals surface area contributed by atoms with E-state index in [2.05, 4.69) is 14.9 Å². The molecule has 124 valence electrons. The fraction of sp³-hybridized carbons (Fsp3) is 0.471. The molecule has 4 aliphatic heterocycles. The minimum atomic E-state index is -0.327. The third kappa shape index (κ3) is 2.15. The average molecular weight is 342 g/mol. The predicted octanol–water partition coefficient (Wildman–Crippen LogP) is 2.63. The van der Waals surface area contributed by atoms with E-state index in [0.29, 0.717) is 12.5 Å². The molecule has 6 nitrogen and oxygen atoms in total. The maximum absolute atomic E-state index is 12.5. The Labute approximate surface area is 144 Å². The first-order valence-corrected chi connectivity index (χ1v) is 9.14. The minimum absolute atomic E-state index is 0.231. The minimum Gasteiger partial charge on any atom is -0.439 e. The van der Waals surface area contributed by atoms with Crippen molar-refractivity contribution in [2.45, 2.75) is 18.4 Å². The van der Waals surface area contributed by atoms with Gasteiger partial charge in [-0.3, -0.25) is 14.8 Å². The van der Waals surface area contributed by atoms with Gasteiger partial charge < -0.3 is 4.74 Å². The summed E-state index contributed by atoms with van der Waals surface area (Å²) in [7, 11) is 0. The lowest BCUT2D eigenvalue weighted by Gasteiger charge is -2.49. The fourth-order valence-corrected chi connectivity index (χ4v) is 5.09. The van der Waals surface area contributed by atoms with E-state index < -0.39 is 0 Å². The van der Waals surface area contributed by atoms with Crippen LogP contribution in [0, 0.1) is 5.92 Å². The van der Waals surface area contributed by atoms with Gasteiger partial charge in [-0.1, -0.05) is 11.3 Å². The van der Waals surface area contributed by atoms with Gasteiger partial charge in [-0.2, -0.15) is 0 Å². The first-order valence-electron chi connectivity index (χ1n) is 8.33. The van der Waals surface area contributed by atoms with Crippen LogP contribution in [0.25, 0.3) is 10.6 Å². The SMILES string of the molecule is O=C1OC2(CN3CCC2CC3)CN1c1cnc(-c2cccnc2)s1. The summed E-state index contributed by atoms with van der Waals surface area (Å²) in [5.74, 6) is 0.488. The molecule has 4 fully saturated rings. The van der Waals surface area contributed by atoms with Crippen molar-refractivity contribution in [2.75, 3.05) is 31.1 Å². The van der Waals surface area contributed by atoms with Crippen molar-refractivity contribution >= 4 is 22.4 Å². The van der Waals surface area contributed by atoms with Crippen LogP contribution in [0.5, 0.6) is 0 Å². The smallest absolute Gasteiger partial charge is 0.415 e. The molecule has 24 heavy (non-hydrogen) atoms. The largest absolute Gasteiger partial charge is 0.439 e. The maximum atomic E-state index is 12.5. The first-order chi connectivity index (χ1) is 11.7. The Balaban J connectivity index is 1.42. The van der Waals surface area contributed by atoms with Gasteiger partial charge in [0.25, 0.3) is 0 Å². The lowest BCUT2D eigenvalue weighted by atomic mass is 9.75. The molecule has 0 aromatic carbocycles. The Kier molecular flexibility index (Phi) is 3.14. The summed E-state index contributed by atoms with van der Waals surface area (Å²) in [5.41, 5.74) is 0.644. The molecule has 0 saturated carbocycles. The number of piperidine rings is 3. The summed E-state index contributed by atoms with van der Waals surface area (Å²) in [4.78, 5) is 25.3. The predicted molar refractivity (Wildman–Crippen MR) is 91.1 cm³/mol. The van der Waals surface area contributed by atoms with E-state index in [4.69, 9.17) is 4.74 Å². The zero-order chi connectivity index (χ0) is 16.1. The van der Waals surface area contributed by atoms with Crippen LogP contribution >= 0.6 is 11.3 Å². The molecule has 6 rings (SSSR count). The molecule has 2 aromatic rings. The van der Waals surface area contributed by atoms with Crippen molar-refractivity contribution < 1.29 is 9.53 Å². The number of rotatable bonds is 2. The van der Waals surface area contributed by atoms with Crippen LogP contribution in [0.1, 0.15) is 12.8 Å². The van der Waals surface area contributed by atoms with E-state index in [1.165, 1.54) is 11.3 Å². The topological polar surface area (TPSA) is 58.6 Å². The maximum Gasteiger partial charge on any atom is 0.415 e. The summed E-state index contributed by atoms with van der Waals surface area (Å²) in [5, 5.41) is 1.73. The number of thiazole rings is 1. The molecule has 1 atom stereocenters. The van der Waals surface area contributed by atoms with Crippen molar-refractivity contribution in [3.63, 3.8) is 0 Å². The normalized spacial score (nSPS) is 31.7. The number of hydrogen-bond donors (Lipinski definition) is 0. The van der Waals surface area contributed by atoms with Crippen LogP contribution in [-0.2, 0) is 4.74 Å². The third-order valence-electron chi connectivity index (χ3n) is 5.43. The number of pyridine rings is 1. The highest BCUT2D eigenvalue weighted by Crippen LogP contribution is 2.44. The number of ether oxygens (including phenoxy) is 1. The standard InChI is InChI=1S/C17H18N4O2S/c22-16-21(11-17(23-16)10-20-6-3-13(17)4-7-20)14-9-19-15(24-14)12-2-1-5-18-8-12/h1-2,5,8-9,13H,3-4,6-7,10-11H2. The molecule has 1 unspecified atom stereocenters. The highest BCUT2D eigenvalue weighted by Gasteiger charge is 2.55. The Morgan fingerprint density at radius 3 is 2.83 bits per heavy atom. The van der Waals surface area contributed by atoms with Gasteiger partial charge in [0, 0.05) is 30.4 Å². The highest BCUT2D eigenvalue weighted by atomic mass is 32.1. The number of carbonyl (C=O) groups is 1. The lowest BCUT2D eigenvalue weighted by Crippen LogP contribution is -2.61. The summed E-state index contributed by atoms with van der Waals surface area (Å²) >= 11 is 1.51. The van der Waals surface area contributed by atoms with Crippen LogP contribution in [0.4, 0.5) is 9.80 Å². The van der Waals surface area contributed by atoms with E-state index in [1.54, 1.807) is 23.5 Å². The monoisotopic (exact) mass is 342 g/mol. The Morgan fingerprint density at radius 2 is 2.12 bits per heavy atom. The third-order valence-corrected chi connectivity index (χ3v) is 6.50. The Bertz CT molecular complexity index is 772. The molecule has 1 amide bonds. The van der Waals surface area contributed by atoms with Gasteiger partial charge in [-0.15, -0.1) is 0 Å². The van der Waals surface area contributed by atoms with Crippen LogP contribution in [0.15, 0.2) is 30.7 Å². The van der Waals surface area contributed by atoms with Gasteiger partial charge in [0.15, 0.2) is 0 Å². The number of fused-ring (bicyclic) bond motifs is 2. The van der Waals surface area contributed by atoms with Crippen molar-refractivity contribution in [1.82, 2.24) is 14.9 Å². The van der Waals surface area contributed by atoms with Crippen molar-refractivity contribution in [3.05, 3.63) is 30.7 Å². The summed E-state index contributed by atoms with van der Waals surface area (Å²) in [6.45, 7) is 3.78. The van der Waals surface area contributed by atoms with E-state index in [9.17, 15) is 4.79 Å². The second kappa shape index (κ2) is 5.26. The number of nitrogens with zero attached hydrogens (tertiary/aromatic N) is 4. The molecule has 6 heterocycles. The van der Waals surface area contributed by atoms with E-state index in [0.717, 1.165) is 48.0 Å². The van der Waals surface area contributed by atoms with Crippen LogP contribution in [-0.4, -0.2) is 52.7 Å². The number of carbonyl (C=O) groups excluding carboxylic acids is 1. The van der Waals surface area contributed by atoms with Crippen molar-refractivity contribution in [2.24, 2.45) is 5.92 Å². The van der Waals surface area contributed by atoms with Crippen molar-refractivity contribution in [3.8, 4) is 10.6 Å². The Hall–Kier alpha value is -1.99. The van der Waals surface area contributed by atoms with Crippen LogP contribution in [0.2, 0.25) is 0 Å². The number of hydrogen-bond acceptors (Lipinski definition) is 6. The fourth-order valence-electron chi connectivity index (χ4n) is 4.19. The van der Waals surface area contributed by atoms with E-state index in [-0.39, 0.29) is 11.7 Å². The first kappa shape index (κ1) is 14.4. The second-order valence-corrected chi connectivity index (χ2v) is 7.82. The molecule has 4 saturated heterocycles. The number of anilines is 1. The lowest BCUT2D eigenvalue weighted by molar-refractivity contribution is -0.0881. The van der Waals surface area contributed by atoms with Crippen LogP contribution in [0.3, 0.4) is 0 Å². The zero-order valence-corrected chi connectivity index (χ0v) is 14.0. The number of amides is 1. The van der Waals surface area contributed by atoms with Crippen molar-refractivity contribution in [1.29, 1.82) is 0 Å². The van der Waals surface area contributed by atoms with E-state index >= 15 is 0 Å². The quantitative estimate of drug-likeness (QED) is 0.840. The Morgan fingerprint density at radius 1 is 1.25 bits per heavy atom. The molecule has 1 spiro atoms. The van der Waals surface area contributed by atoms with Gasteiger partial charge in [0.2, 0.25) is 0 Å². The molecule has 0 aliphatic carbocycles. The second-order valence-electron chi connectivity index (χ2n) is 6.81. The average Bonchev–Trinajstić information content (AvgIpc) is 3.22. The molecule has 4 aliphatic rings. The number of aromatic nitrogens is 2. The molecule has 2 bridgehead atoms. The molecule has 7 heteroatoms. The summed E-state index contributed by atoms with van der Waals surface area (Å²) in [6.07, 6.45) is 7.34. The molecular weight excluding hydrogens is 324 g/mol. The van der Waals surface area contributed by atoms with Gasteiger partial charge in [0.05, 0.1) is 12.7 Å². The molecular formula is C17H18N4O2S. The van der Waals surface area contributed by atoms with Gasteiger partial charge >= 0.3 is 6.09 Å². The highest BCUT2D eigenvalue weighted by molar-refractivity contribution is 7.19. The summed E-state index contributed by atoms with van der Waals surface area (Å²) in [6, 6.07) is 3.87. The molecule has 2 aromatic heterocycles. The zero-order valence-electron chi connectivity index (χ0n) is 13.2. The van der Waals surface area contributed by atoms with Gasteiger partial charge in [0.1, 0.15) is 15.6 Å². The van der Waals surface area contributed by atoms with Crippen LogP contribution < -0.4 is 4.90 Å². The summed E-state index contributed by atoms with van der Waals surface area (Å²) < 4.78 is 5.92. The van der Waals surface area contributed by atoms with Gasteiger partial charge in [-0.05, 0) is 38.1 Å². The molecule has 0 N–H and O–H groups in total. The molecule has 0 radical (unpaired) electrons.